The number of hydrazine groups is 1. The lowest BCUT2D eigenvalue weighted by molar-refractivity contribution is -0.111. The minimum Gasteiger partial charge on any atom is -0.478 e. The van der Waals surface area contributed by atoms with Crippen molar-refractivity contribution < 1.29 is 19.5 Å². The SMILES string of the molecule is C/C(=C/C(=O)Nc1cc(C(=O)NN2CCCCC2)ccc1C(=O)O)c1ccc2ccccc2c1. The van der Waals surface area contributed by atoms with Gasteiger partial charge in [0, 0.05) is 24.7 Å². The first-order chi connectivity index (χ1) is 16.4. The number of amides is 2. The van der Waals surface area contributed by atoms with Crippen LogP contribution in [0.5, 0.6) is 0 Å². The molecule has 0 unspecified atom stereocenters. The number of anilines is 1. The second kappa shape index (κ2) is 10.3. The lowest BCUT2D eigenvalue weighted by Crippen LogP contribution is -2.45. The third kappa shape index (κ3) is 5.50. The van der Waals surface area contributed by atoms with Crippen LogP contribution in [-0.2, 0) is 4.79 Å². The lowest BCUT2D eigenvalue weighted by Gasteiger charge is -2.26. The number of piperidine rings is 1. The second-order valence-corrected chi connectivity index (χ2v) is 8.43. The van der Waals surface area contributed by atoms with Crippen LogP contribution in [0.15, 0.2) is 66.7 Å². The molecule has 0 radical (unpaired) electrons. The van der Waals surface area contributed by atoms with Crippen molar-refractivity contribution in [1.29, 1.82) is 0 Å². The van der Waals surface area contributed by atoms with Crippen molar-refractivity contribution >= 4 is 39.8 Å². The van der Waals surface area contributed by atoms with Gasteiger partial charge < -0.3 is 10.4 Å². The summed E-state index contributed by atoms with van der Waals surface area (Å²) in [5.41, 5.74) is 4.75. The summed E-state index contributed by atoms with van der Waals surface area (Å²) >= 11 is 0. The molecule has 0 atom stereocenters. The van der Waals surface area contributed by atoms with Crippen LogP contribution in [0.4, 0.5) is 5.69 Å². The number of carbonyl (C=O) groups excluding carboxylic acids is 2. The van der Waals surface area contributed by atoms with Crippen molar-refractivity contribution in [2.75, 3.05) is 18.4 Å². The Morgan fingerprint density at radius 1 is 0.882 bits per heavy atom. The molecule has 1 aliphatic rings. The van der Waals surface area contributed by atoms with Crippen molar-refractivity contribution in [3.8, 4) is 0 Å². The van der Waals surface area contributed by atoms with Crippen LogP contribution < -0.4 is 10.7 Å². The predicted octanol–water partition coefficient (Wildman–Crippen LogP) is 4.71. The Labute approximate surface area is 198 Å². The van der Waals surface area contributed by atoms with E-state index in [0.717, 1.165) is 54.3 Å². The van der Waals surface area contributed by atoms with Gasteiger partial charge in [-0.15, -0.1) is 0 Å². The fourth-order valence-corrected chi connectivity index (χ4v) is 4.07. The van der Waals surface area contributed by atoms with Crippen LogP contribution in [0.2, 0.25) is 0 Å². The fourth-order valence-electron chi connectivity index (χ4n) is 4.07. The molecule has 174 valence electrons. The van der Waals surface area contributed by atoms with Crippen LogP contribution >= 0.6 is 0 Å². The van der Waals surface area contributed by atoms with Gasteiger partial charge in [-0.2, -0.15) is 0 Å². The van der Waals surface area contributed by atoms with E-state index >= 15 is 0 Å². The van der Waals surface area contributed by atoms with Gasteiger partial charge in [0.05, 0.1) is 11.3 Å². The van der Waals surface area contributed by atoms with E-state index < -0.39 is 11.9 Å². The van der Waals surface area contributed by atoms with Crippen molar-refractivity contribution in [2.24, 2.45) is 0 Å². The number of benzene rings is 3. The first kappa shape index (κ1) is 23.2. The highest BCUT2D eigenvalue weighted by Gasteiger charge is 2.18. The number of carboxylic acids is 1. The molecule has 7 nitrogen and oxygen atoms in total. The van der Waals surface area contributed by atoms with Gasteiger partial charge in [0.25, 0.3) is 5.91 Å². The summed E-state index contributed by atoms with van der Waals surface area (Å²) in [7, 11) is 0. The van der Waals surface area contributed by atoms with Gasteiger partial charge in [-0.1, -0.05) is 42.8 Å². The number of rotatable bonds is 6. The van der Waals surface area contributed by atoms with E-state index in [9.17, 15) is 19.5 Å². The molecule has 1 saturated heterocycles. The largest absolute Gasteiger partial charge is 0.478 e. The Morgan fingerprint density at radius 2 is 1.59 bits per heavy atom. The third-order valence-electron chi connectivity index (χ3n) is 5.94. The number of hydrogen-bond acceptors (Lipinski definition) is 4. The molecule has 0 aliphatic carbocycles. The Hall–Kier alpha value is -3.97. The van der Waals surface area contributed by atoms with Crippen LogP contribution in [-0.4, -0.2) is 41.0 Å². The first-order valence-electron chi connectivity index (χ1n) is 11.3. The molecule has 34 heavy (non-hydrogen) atoms. The maximum Gasteiger partial charge on any atom is 0.337 e. The van der Waals surface area contributed by atoms with Crippen molar-refractivity contribution in [1.82, 2.24) is 10.4 Å². The average molecular weight is 458 g/mol. The number of carbonyl (C=O) groups is 3. The number of carboxylic acid groups (broad SMARTS) is 1. The quantitative estimate of drug-likeness (QED) is 0.466. The number of nitrogens with zero attached hydrogens (tertiary/aromatic N) is 1. The lowest BCUT2D eigenvalue weighted by atomic mass is 10.0. The Bertz CT molecular complexity index is 1280. The minimum atomic E-state index is -1.19. The molecule has 0 bridgehead atoms. The van der Waals surface area contributed by atoms with Gasteiger partial charge in [0.2, 0.25) is 5.91 Å². The van der Waals surface area contributed by atoms with Crippen LogP contribution in [0, 0.1) is 0 Å². The number of nitrogens with one attached hydrogen (secondary N) is 2. The molecule has 3 aromatic rings. The highest BCUT2D eigenvalue weighted by Crippen LogP contribution is 2.22. The molecule has 0 aromatic heterocycles. The summed E-state index contributed by atoms with van der Waals surface area (Å²) in [5.74, 6) is -1.99. The Kier molecular flexibility index (Phi) is 7.04. The standard InChI is InChI=1S/C27H27N3O4/c1-18(20-10-9-19-7-3-4-8-21(19)16-20)15-25(31)28-24-17-22(11-12-23(24)27(33)34)26(32)29-30-13-5-2-6-14-30/h3-4,7-12,15-17H,2,5-6,13-14H2,1H3,(H,28,31)(H,29,32)(H,33,34)/b18-15-. The molecule has 3 N–H and O–H groups in total. The number of aromatic carboxylic acids is 1. The van der Waals surface area contributed by atoms with E-state index in [1.165, 1.54) is 24.3 Å². The monoisotopic (exact) mass is 457 g/mol. The van der Waals surface area contributed by atoms with Crippen LogP contribution in [0.3, 0.4) is 0 Å². The first-order valence-corrected chi connectivity index (χ1v) is 11.3. The Morgan fingerprint density at radius 3 is 2.32 bits per heavy atom. The summed E-state index contributed by atoms with van der Waals surface area (Å²) in [4.78, 5) is 37.1. The number of allylic oxidation sites excluding steroid dienone is 1. The summed E-state index contributed by atoms with van der Waals surface area (Å²) in [6.07, 6.45) is 4.60. The molecule has 4 rings (SSSR count). The summed E-state index contributed by atoms with van der Waals surface area (Å²) in [5, 5.41) is 16.2. The zero-order chi connectivity index (χ0) is 24.1. The maximum atomic E-state index is 12.7. The van der Waals surface area contributed by atoms with Gasteiger partial charge in [-0.25, -0.2) is 9.80 Å². The summed E-state index contributed by atoms with van der Waals surface area (Å²) < 4.78 is 0. The molecule has 0 saturated carbocycles. The predicted molar refractivity (Wildman–Crippen MR) is 133 cm³/mol. The molecular formula is C27H27N3O4. The number of hydrogen-bond donors (Lipinski definition) is 3. The van der Waals surface area contributed by atoms with E-state index in [4.69, 9.17) is 0 Å². The molecule has 0 spiro atoms. The molecule has 3 aromatic carbocycles. The maximum absolute atomic E-state index is 12.7. The van der Waals surface area contributed by atoms with Gasteiger partial charge in [0.15, 0.2) is 0 Å². The van der Waals surface area contributed by atoms with Gasteiger partial charge in [0.1, 0.15) is 0 Å². The minimum absolute atomic E-state index is 0.0753. The highest BCUT2D eigenvalue weighted by atomic mass is 16.4. The number of fused-ring (bicyclic) bond motifs is 1. The van der Waals surface area contributed by atoms with Crippen LogP contribution in [0.25, 0.3) is 16.3 Å². The Balaban J connectivity index is 1.53. The van der Waals surface area contributed by atoms with E-state index in [1.54, 1.807) is 0 Å². The molecule has 2 amide bonds. The molecule has 7 heteroatoms. The summed E-state index contributed by atoms with van der Waals surface area (Å²) in [6, 6.07) is 18.1. The van der Waals surface area contributed by atoms with Crippen molar-refractivity contribution in [2.45, 2.75) is 26.2 Å². The van der Waals surface area contributed by atoms with Gasteiger partial charge >= 0.3 is 5.97 Å². The molecule has 1 aliphatic heterocycles. The second-order valence-electron chi connectivity index (χ2n) is 8.43. The van der Waals surface area contributed by atoms with E-state index in [0.29, 0.717) is 0 Å². The van der Waals surface area contributed by atoms with Gasteiger partial charge in [-0.05, 0) is 65.9 Å². The zero-order valence-electron chi connectivity index (χ0n) is 19.0. The van der Waals surface area contributed by atoms with Gasteiger partial charge in [-0.3, -0.25) is 15.0 Å². The van der Waals surface area contributed by atoms with Crippen molar-refractivity contribution in [3.05, 3.63) is 83.4 Å². The smallest absolute Gasteiger partial charge is 0.337 e. The normalized spacial score (nSPS) is 14.6. The topological polar surface area (TPSA) is 98.7 Å². The van der Waals surface area contributed by atoms with Crippen LogP contribution in [0.1, 0.15) is 52.5 Å². The van der Waals surface area contributed by atoms with E-state index in [-0.39, 0.29) is 22.7 Å². The van der Waals surface area contributed by atoms with Crippen molar-refractivity contribution in [3.63, 3.8) is 0 Å². The molecular weight excluding hydrogens is 430 g/mol. The summed E-state index contributed by atoms with van der Waals surface area (Å²) in [6.45, 7) is 3.38. The fraction of sp³-hybridized carbons (Fsp3) is 0.222. The average Bonchev–Trinajstić information content (AvgIpc) is 2.84. The van der Waals surface area contributed by atoms with E-state index in [2.05, 4.69) is 10.7 Å². The van der Waals surface area contributed by atoms with E-state index in [1.807, 2.05) is 54.4 Å². The third-order valence-corrected chi connectivity index (χ3v) is 5.94. The highest BCUT2D eigenvalue weighted by molar-refractivity contribution is 6.08. The zero-order valence-corrected chi connectivity index (χ0v) is 19.0. The molecule has 1 heterocycles. The molecule has 1 fully saturated rings.